The first kappa shape index (κ1) is 12.1. The van der Waals surface area contributed by atoms with Gasteiger partial charge in [0.2, 0.25) is 0 Å². The van der Waals surface area contributed by atoms with Gasteiger partial charge in [0.05, 0.1) is 12.2 Å². The lowest BCUT2D eigenvalue weighted by Gasteiger charge is -2.03. The Morgan fingerprint density at radius 3 is 2.80 bits per heavy atom. The maximum absolute atomic E-state index is 10.6. The van der Waals surface area contributed by atoms with Gasteiger partial charge in [-0.15, -0.1) is 0 Å². The molecule has 1 atom stereocenters. The summed E-state index contributed by atoms with van der Waals surface area (Å²) in [7, 11) is 0. The van der Waals surface area contributed by atoms with E-state index in [-0.39, 0.29) is 17.3 Å². The highest BCUT2D eigenvalue weighted by Crippen LogP contribution is 2.16. The number of aromatic nitrogens is 1. The molecule has 0 bridgehead atoms. The molecule has 0 aliphatic heterocycles. The van der Waals surface area contributed by atoms with Gasteiger partial charge in [-0.25, -0.2) is 9.19 Å². The van der Waals surface area contributed by atoms with Crippen LogP contribution < -0.4 is 0 Å². The summed E-state index contributed by atoms with van der Waals surface area (Å²) in [5, 5.41) is 8.66. The fraction of sp³-hybridized carbons (Fsp3) is 0.250. The highest BCUT2D eigenvalue weighted by atomic mass is 35.5. The molecule has 0 spiro atoms. The zero-order valence-corrected chi connectivity index (χ0v) is 9.09. The lowest BCUT2D eigenvalue weighted by molar-refractivity contribution is -0.136. The summed E-state index contributed by atoms with van der Waals surface area (Å²) in [5.74, 6) is -1.14. The van der Waals surface area contributed by atoms with Crippen molar-refractivity contribution in [2.75, 3.05) is 0 Å². The molecule has 0 saturated heterocycles. The molecule has 7 heteroatoms. The molecular formula is C8H8ClNO4S. The molecule has 0 aliphatic carbocycles. The van der Waals surface area contributed by atoms with Crippen LogP contribution in [0.25, 0.3) is 0 Å². The van der Waals surface area contributed by atoms with Crippen molar-refractivity contribution in [3.63, 3.8) is 0 Å². The molecule has 1 unspecified atom stereocenters. The van der Waals surface area contributed by atoms with E-state index < -0.39 is 17.0 Å². The Kier molecular flexibility index (Phi) is 4.19. The van der Waals surface area contributed by atoms with Crippen molar-refractivity contribution in [2.24, 2.45) is 0 Å². The third-order valence-corrected chi connectivity index (χ3v) is 2.50. The third kappa shape index (κ3) is 3.94. The van der Waals surface area contributed by atoms with Crippen LogP contribution in [0, 0.1) is 0 Å². The highest BCUT2D eigenvalue weighted by molar-refractivity contribution is 7.78. The predicted molar refractivity (Wildman–Crippen MR) is 55.1 cm³/mol. The summed E-state index contributed by atoms with van der Waals surface area (Å²) in [6, 6.07) is 1.47. The Balaban J connectivity index is 2.94. The first-order valence-electron chi connectivity index (χ1n) is 3.91. The van der Waals surface area contributed by atoms with E-state index in [2.05, 4.69) is 4.98 Å². The minimum absolute atomic E-state index is 0.117. The van der Waals surface area contributed by atoms with E-state index in [1.54, 1.807) is 0 Å². The van der Waals surface area contributed by atoms with Crippen LogP contribution in [-0.2, 0) is 28.0 Å². The number of carboxylic acids is 1. The Hall–Kier alpha value is -0.980. The van der Waals surface area contributed by atoms with Crippen molar-refractivity contribution in [3.05, 3.63) is 28.5 Å². The van der Waals surface area contributed by atoms with E-state index in [1.165, 1.54) is 12.3 Å². The lowest BCUT2D eigenvalue weighted by atomic mass is 10.2. The van der Waals surface area contributed by atoms with Crippen molar-refractivity contribution in [1.82, 2.24) is 4.98 Å². The van der Waals surface area contributed by atoms with E-state index in [9.17, 15) is 9.00 Å². The number of hydrogen-bond donors (Lipinski definition) is 2. The number of carbonyl (C=O) groups is 1. The van der Waals surface area contributed by atoms with Crippen LogP contribution in [-0.4, -0.2) is 24.8 Å². The normalized spacial score (nSPS) is 12.4. The van der Waals surface area contributed by atoms with Gasteiger partial charge in [-0.1, -0.05) is 11.6 Å². The molecule has 0 aromatic carbocycles. The Morgan fingerprint density at radius 2 is 2.27 bits per heavy atom. The van der Waals surface area contributed by atoms with Gasteiger partial charge < -0.3 is 9.66 Å². The molecule has 0 fully saturated rings. The van der Waals surface area contributed by atoms with Crippen molar-refractivity contribution < 1.29 is 18.7 Å². The van der Waals surface area contributed by atoms with Crippen LogP contribution >= 0.6 is 11.6 Å². The third-order valence-electron chi connectivity index (χ3n) is 1.60. The molecule has 0 aliphatic rings. The van der Waals surface area contributed by atoms with Gasteiger partial charge in [0.1, 0.15) is 5.15 Å². The first-order valence-corrected chi connectivity index (χ1v) is 5.57. The number of carboxylic acid groups (broad SMARTS) is 1. The number of nitrogens with zero attached hydrogens (tertiary/aromatic N) is 1. The molecule has 2 N–H and O–H groups in total. The molecular weight excluding hydrogens is 242 g/mol. The second-order valence-corrected chi connectivity index (χ2v) is 4.12. The van der Waals surface area contributed by atoms with Crippen molar-refractivity contribution in [2.45, 2.75) is 12.2 Å². The average molecular weight is 250 g/mol. The number of halogens is 1. The van der Waals surface area contributed by atoms with Crippen molar-refractivity contribution >= 4 is 28.7 Å². The highest BCUT2D eigenvalue weighted by Gasteiger charge is 2.08. The summed E-state index contributed by atoms with van der Waals surface area (Å²) >= 11 is 3.65. The molecule has 82 valence electrons. The van der Waals surface area contributed by atoms with E-state index in [1.807, 2.05) is 0 Å². The predicted octanol–water partition coefficient (Wildman–Crippen LogP) is 1.08. The van der Waals surface area contributed by atoms with Gasteiger partial charge in [0.25, 0.3) is 0 Å². The van der Waals surface area contributed by atoms with Gasteiger partial charge in [-0.2, -0.15) is 0 Å². The van der Waals surface area contributed by atoms with Gasteiger partial charge in [0.15, 0.2) is 11.1 Å². The average Bonchev–Trinajstić information content (AvgIpc) is 2.09. The van der Waals surface area contributed by atoms with E-state index in [0.29, 0.717) is 11.1 Å². The number of pyridine rings is 1. The van der Waals surface area contributed by atoms with Crippen LogP contribution in [0.2, 0.25) is 5.15 Å². The molecule has 0 radical (unpaired) electrons. The second kappa shape index (κ2) is 5.20. The topological polar surface area (TPSA) is 87.5 Å². The van der Waals surface area contributed by atoms with Crippen LogP contribution in [0.1, 0.15) is 11.1 Å². The van der Waals surface area contributed by atoms with Gasteiger partial charge in [0, 0.05) is 11.8 Å². The molecule has 15 heavy (non-hydrogen) atoms. The Morgan fingerprint density at radius 1 is 1.60 bits per heavy atom. The maximum atomic E-state index is 10.6. The van der Waals surface area contributed by atoms with Crippen molar-refractivity contribution in [1.29, 1.82) is 0 Å². The molecule has 1 heterocycles. The summed E-state index contributed by atoms with van der Waals surface area (Å²) < 4.78 is 19.2. The minimum Gasteiger partial charge on any atom is -0.481 e. The monoisotopic (exact) mass is 249 g/mol. The first-order chi connectivity index (χ1) is 6.99. The SMILES string of the molecule is O=C(O)Cc1cnc(Cl)c(CS(=O)O)c1. The van der Waals surface area contributed by atoms with Crippen LogP contribution in [0.5, 0.6) is 0 Å². The van der Waals surface area contributed by atoms with Gasteiger partial charge in [-0.3, -0.25) is 4.79 Å². The summed E-state index contributed by atoms with van der Waals surface area (Å²) in [6.45, 7) is 0. The number of hydrogen-bond acceptors (Lipinski definition) is 3. The molecule has 5 nitrogen and oxygen atoms in total. The molecule has 1 aromatic heterocycles. The Labute approximate surface area is 93.4 Å². The smallest absolute Gasteiger partial charge is 0.307 e. The van der Waals surface area contributed by atoms with Crippen molar-refractivity contribution in [3.8, 4) is 0 Å². The molecule has 1 aromatic rings. The fourth-order valence-electron chi connectivity index (χ4n) is 1.05. The summed E-state index contributed by atoms with van der Waals surface area (Å²) in [4.78, 5) is 14.2. The lowest BCUT2D eigenvalue weighted by Crippen LogP contribution is -2.03. The van der Waals surface area contributed by atoms with Gasteiger partial charge >= 0.3 is 5.97 Å². The zero-order valence-electron chi connectivity index (χ0n) is 7.51. The summed E-state index contributed by atoms with van der Waals surface area (Å²) in [5.41, 5.74) is 0.823. The Bertz CT molecular complexity index is 410. The minimum atomic E-state index is -2.02. The van der Waals surface area contributed by atoms with Gasteiger partial charge in [-0.05, 0) is 11.6 Å². The number of aliphatic carboxylic acids is 1. The largest absolute Gasteiger partial charge is 0.481 e. The van der Waals surface area contributed by atoms with Crippen LogP contribution in [0.15, 0.2) is 12.3 Å². The van der Waals surface area contributed by atoms with E-state index in [0.717, 1.165) is 0 Å². The number of rotatable bonds is 4. The zero-order chi connectivity index (χ0) is 11.4. The quantitative estimate of drug-likeness (QED) is 0.616. The van der Waals surface area contributed by atoms with Crippen LogP contribution in [0.4, 0.5) is 0 Å². The van der Waals surface area contributed by atoms with E-state index in [4.69, 9.17) is 21.3 Å². The molecule has 0 amide bonds. The maximum Gasteiger partial charge on any atom is 0.307 e. The van der Waals surface area contributed by atoms with Crippen LogP contribution in [0.3, 0.4) is 0 Å². The summed E-state index contributed by atoms with van der Waals surface area (Å²) in [6.07, 6.45) is 1.15. The standard InChI is InChI=1S/C8H8ClNO4S/c9-8-6(4-15(13)14)1-5(3-10-8)2-7(11)12/h1,3H,2,4H2,(H,11,12)(H,13,14). The molecule has 0 saturated carbocycles. The fourth-order valence-corrected chi connectivity index (χ4v) is 1.78. The molecule has 1 rings (SSSR count). The van der Waals surface area contributed by atoms with E-state index >= 15 is 0 Å². The second-order valence-electron chi connectivity index (χ2n) is 2.83.